The lowest BCUT2D eigenvalue weighted by molar-refractivity contribution is -0.141. The number of nitrogens with one attached hydrogen (secondary N) is 1. The third-order valence-corrected chi connectivity index (χ3v) is 9.93. The predicted molar refractivity (Wildman–Crippen MR) is 172 cm³/mol. The SMILES string of the molecule is Cc1c(-c2nc3cc(CN4CC[C@@H](C(=O)O)C4)cc(Cl)c3o2)cccc1-c1cccc(N2CCC(NC3CC3)CC2)c1Cl. The highest BCUT2D eigenvalue weighted by Gasteiger charge is 2.29. The molecule has 1 atom stereocenters. The fourth-order valence-electron chi connectivity index (χ4n) is 6.69. The van der Waals surface area contributed by atoms with Gasteiger partial charge in [-0.05, 0) is 86.5 Å². The van der Waals surface area contributed by atoms with Gasteiger partial charge in [0.15, 0.2) is 5.58 Å². The van der Waals surface area contributed by atoms with Crippen LogP contribution in [0.4, 0.5) is 5.69 Å². The molecule has 2 N–H and O–H groups in total. The van der Waals surface area contributed by atoms with Crippen molar-refractivity contribution in [2.24, 2.45) is 5.92 Å². The molecule has 1 aromatic heterocycles. The molecule has 0 radical (unpaired) electrons. The van der Waals surface area contributed by atoms with Crippen LogP contribution in [0.5, 0.6) is 0 Å². The number of aromatic nitrogens is 1. The van der Waals surface area contributed by atoms with Crippen molar-refractivity contribution < 1.29 is 14.3 Å². The molecule has 7 rings (SSSR count). The monoisotopic (exact) mass is 618 g/mol. The van der Waals surface area contributed by atoms with Crippen LogP contribution in [0.2, 0.25) is 10.0 Å². The molecule has 4 aromatic rings. The van der Waals surface area contributed by atoms with E-state index in [0.29, 0.717) is 47.6 Å². The third-order valence-electron chi connectivity index (χ3n) is 9.25. The number of rotatable bonds is 8. The molecule has 3 heterocycles. The number of hydrogen-bond donors (Lipinski definition) is 2. The number of nitrogens with zero attached hydrogens (tertiary/aromatic N) is 3. The molecule has 0 bridgehead atoms. The van der Waals surface area contributed by atoms with Gasteiger partial charge in [-0.25, -0.2) is 4.98 Å². The second-order valence-corrected chi connectivity index (χ2v) is 13.1. The first-order valence-corrected chi connectivity index (χ1v) is 16.0. The molecular weight excluding hydrogens is 583 g/mol. The highest BCUT2D eigenvalue weighted by Crippen LogP contribution is 2.41. The molecular formula is C34H36Cl2N4O3. The van der Waals surface area contributed by atoms with Gasteiger partial charge in [-0.1, -0.05) is 47.5 Å². The van der Waals surface area contributed by atoms with Crippen molar-refractivity contribution in [3.63, 3.8) is 0 Å². The molecule has 3 aromatic carbocycles. The Bertz CT molecular complexity index is 1680. The number of benzene rings is 3. The van der Waals surface area contributed by atoms with E-state index in [9.17, 15) is 9.90 Å². The average molecular weight is 620 g/mol. The van der Waals surface area contributed by atoms with Gasteiger partial charge in [0.25, 0.3) is 0 Å². The number of carboxylic acids is 1. The zero-order valence-corrected chi connectivity index (χ0v) is 25.8. The standard InChI is InChI=1S/C34H36Cl2N4O3/c1-20-25(27-6-3-7-30(31(27)36)40-14-11-24(12-15-40)37-23-8-9-23)4-2-5-26(20)33-38-29-17-21(16-28(35)32(29)43-33)18-39-13-10-22(19-39)34(41)42/h2-7,16-17,22-24,37H,8-15,18-19H2,1H3,(H,41,42)/t22-/m1/s1. The van der Waals surface area contributed by atoms with Gasteiger partial charge in [-0.3, -0.25) is 9.69 Å². The number of likely N-dealkylation sites (tertiary alicyclic amines) is 1. The van der Waals surface area contributed by atoms with Crippen LogP contribution in [-0.4, -0.2) is 59.2 Å². The largest absolute Gasteiger partial charge is 0.481 e. The van der Waals surface area contributed by atoms with E-state index in [2.05, 4.69) is 46.3 Å². The van der Waals surface area contributed by atoms with Crippen LogP contribution in [0.15, 0.2) is 52.9 Å². The summed E-state index contributed by atoms with van der Waals surface area (Å²) < 4.78 is 6.24. The molecule has 224 valence electrons. The maximum absolute atomic E-state index is 11.4. The summed E-state index contributed by atoms with van der Waals surface area (Å²) in [5, 5.41) is 14.4. The van der Waals surface area contributed by atoms with E-state index in [4.69, 9.17) is 32.6 Å². The van der Waals surface area contributed by atoms with Crippen molar-refractivity contribution >= 4 is 46.0 Å². The van der Waals surface area contributed by atoms with Crippen molar-refractivity contribution in [1.82, 2.24) is 15.2 Å². The fourth-order valence-corrected chi connectivity index (χ4v) is 7.31. The normalized spacial score (nSPS) is 19.9. The van der Waals surface area contributed by atoms with Gasteiger partial charge in [0, 0.05) is 49.4 Å². The van der Waals surface area contributed by atoms with E-state index in [-0.39, 0.29) is 5.92 Å². The van der Waals surface area contributed by atoms with Crippen LogP contribution in [0.1, 0.15) is 43.2 Å². The lowest BCUT2D eigenvalue weighted by Gasteiger charge is -2.35. The topological polar surface area (TPSA) is 81.8 Å². The number of halogens is 2. The summed E-state index contributed by atoms with van der Waals surface area (Å²) in [7, 11) is 0. The van der Waals surface area contributed by atoms with Crippen LogP contribution in [0.25, 0.3) is 33.7 Å². The Balaban J connectivity index is 1.14. The fraction of sp³-hybridized carbons (Fsp3) is 0.412. The molecule has 43 heavy (non-hydrogen) atoms. The first-order valence-electron chi connectivity index (χ1n) is 15.3. The zero-order chi connectivity index (χ0) is 29.7. The number of fused-ring (bicyclic) bond motifs is 1. The molecule has 0 unspecified atom stereocenters. The van der Waals surface area contributed by atoms with Gasteiger partial charge in [0.2, 0.25) is 5.89 Å². The Morgan fingerprint density at radius 3 is 2.44 bits per heavy atom. The molecule has 3 fully saturated rings. The van der Waals surface area contributed by atoms with Gasteiger partial charge < -0.3 is 19.7 Å². The van der Waals surface area contributed by atoms with E-state index in [0.717, 1.165) is 77.0 Å². The van der Waals surface area contributed by atoms with Gasteiger partial charge in [0.1, 0.15) is 5.52 Å². The van der Waals surface area contributed by atoms with Crippen LogP contribution in [0, 0.1) is 12.8 Å². The molecule has 0 spiro atoms. The van der Waals surface area contributed by atoms with Crippen molar-refractivity contribution in [1.29, 1.82) is 0 Å². The highest BCUT2D eigenvalue weighted by molar-refractivity contribution is 6.36. The number of hydrogen-bond acceptors (Lipinski definition) is 6. The summed E-state index contributed by atoms with van der Waals surface area (Å²) >= 11 is 13.8. The Morgan fingerprint density at radius 2 is 1.70 bits per heavy atom. The lowest BCUT2D eigenvalue weighted by atomic mass is 9.95. The van der Waals surface area contributed by atoms with E-state index in [1.165, 1.54) is 12.8 Å². The van der Waals surface area contributed by atoms with Crippen molar-refractivity contribution in [2.45, 2.75) is 57.7 Å². The molecule has 1 aliphatic carbocycles. The Labute approximate surface area is 261 Å². The first-order chi connectivity index (χ1) is 20.8. The third kappa shape index (κ3) is 5.88. The minimum absolute atomic E-state index is 0.316. The smallest absolute Gasteiger partial charge is 0.307 e. The minimum atomic E-state index is -0.732. The number of piperidine rings is 1. The van der Waals surface area contributed by atoms with E-state index in [1.807, 2.05) is 24.3 Å². The molecule has 3 aliphatic rings. The Kier molecular flexibility index (Phi) is 7.84. The number of aliphatic carboxylic acids is 1. The zero-order valence-electron chi connectivity index (χ0n) is 24.3. The maximum Gasteiger partial charge on any atom is 0.307 e. The Morgan fingerprint density at radius 1 is 0.977 bits per heavy atom. The first kappa shape index (κ1) is 28.7. The molecule has 1 saturated carbocycles. The van der Waals surface area contributed by atoms with E-state index < -0.39 is 5.97 Å². The summed E-state index contributed by atoms with van der Waals surface area (Å²) in [6.45, 7) is 5.99. The van der Waals surface area contributed by atoms with E-state index in [1.54, 1.807) is 0 Å². The second kappa shape index (κ2) is 11.8. The summed E-state index contributed by atoms with van der Waals surface area (Å²) in [6.07, 6.45) is 5.57. The van der Waals surface area contributed by atoms with Crippen molar-refractivity contribution in [3.8, 4) is 22.6 Å². The number of carbonyl (C=O) groups is 1. The second-order valence-electron chi connectivity index (χ2n) is 12.3. The van der Waals surface area contributed by atoms with Gasteiger partial charge in [-0.2, -0.15) is 0 Å². The quantitative estimate of drug-likeness (QED) is 0.213. The summed E-state index contributed by atoms with van der Waals surface area (Å²) in [5.41, 5.74) is 7.29. The lowest BCUT2D eigenvalue weighted by Crippen LogP contribution is -2.43. The average Bonchev–Trinajstić information content (AvgIpc) is 3.49. The van der Waals surface area contributed by atoms with Crippen LogP contribution >= 0.6 is 23.2 Å². The minimum Gasteiger partial charge on any atom is -0.481 e. The molecule has 2 aliphatic heterocycles. The Hall–Kier alpha value is -3.10. The van der Waals surface area contributed by atoms with Gasteiger partial charge in [-0.15, -0.1) is 0 Å². The summed E-state index contributed by atoms with van der Waals surface area (Å²) in [5.74, 6) is -0.536. The van der Waals surface area contributed by atoms with Crippen LogP contribution < -0.4 is 10.2 Å². The molecule has 2 saturated heterocycles. The number of carboxylic acid groups (broad SMARTS) is 1. The highest BCUT2D eigenvalue weighted by atomic mass is 35.5. The van der Waals surface area contributed by atoms with E-state index >= 15 is 0 Å². The summed E-state index contributed by atoms with van der Waals surface area (Å²) in [4.78, 5) is 20.8. The summed E-state index contributed by atoms with van der Waals surface area (Å²) in [6, 6.07) is 17.7. The maximum atomic E-state index is 11.4. The molecule has 7 nitrogen and oxygen atoms in total. The molecule has 9 heteroatoms. The van der Waals surface area contributed by atoms with Crippen LogP contribution in [0.3, 0.4) is 0 Å². The van der Waals surface area contributed by atoms with Gasteiger partial charge >= 0.3 is 5.97 Å². The number of oxazole rings is 1. The van der Waals surface area contributed by atoms with Crippen molar-refractivity contribution in [2.75, 3.05) is 31.1 Å². The van der Waals surface area contributed by atoms with Crippen LogP contribution in [-0.2, 0) is 11.3 Å². The predicted octanol–water partition coefficient (Wildman–Crippen LogP) is 7.40. The number of anilines is 1. The van der Waals surface area contributed by atoms with Crippen molar-refractivity contribution in [3.05, 3.63) is 69.7 Å². The molecule has 0 amide bonds. The van der Waals surface area contributed by atoms with Gasteiger partial charge in [0.05, 0.1) is 21.7 Å².